The van der Waals surface area contributed by atoms with Crippen molar-refractivity contribution in [3.05, 3.63) is 64.7 Å². The van der Waals surface area contributed by atoms with E-state index in [9.17, 15) is 23.3 Å². The first kappa shape index (κ1) is 21.4. The van der Waals surface area contributed by atoms with Crippen molar-refractivity contribution in [2.24, 2.45) is 0 Å². The molecule has 0 aliphatic carbocycles. The molecule has 0 heterocycles. The SMILES string of the molecule is CCC[C@H](C)NC(=O)CN(c1cccc([N+](=O)[O-])c1)S(=O)(=O)c1ccccc1. The zero-order valence-electron chi connectivity index (χ0n) is 15.7. The minimum absolute atomic E-state index is 0.00378. The molecule has 1 N–H and O–H groups in total. The third kappa shape index (κ3) is 5.29. The van der Waals surface area contributed by atoms with E-state index in [-0.39, 0.29) is 22.3 Å². The highest BCUT2D eigenvalue weighted by Crippen LogP contribution is 2.26. The molecule has 2 aromatic carbocycles. The van der Waals surface area contributed by atoms with Crippen molar-refractivity contribution in [1.82, 2.24) is 5.32 Å². The summed E-state index contributed by atoms with van der Waals surface area (Å²) in [4.78, 5) is 22.9. The molecule has 0 aliphatic heterocycles. The van der Waals surface area contributed by atoms with Gasteiger partial charge in [0, 0.05) is 18.2 Å². The number of nitro groups is 1. The summed E-state index contributed by atoms with van der Waals surface area (Å²) in [7, 11) is -4.09. The lowest BCUT2D eigenvalue weighted by molar-refractivity contribution is -0.384. The molecule has 1 atom stereocenters. The van der Waals surface area contributed by atoms with E-state index in [0.717, 1.165) is 23.2 Å². The van der Waals surface area contributed by atoms with Crippen molar-refractivity contribution in [3.63, 3.8) is 0 Å². The summed E-state index contributed by atoms with van der Waals surface area (Å²) in [5, 5.41) is 13.9. The number of nitrogens with one attached hydrogen (secondary N) is 1. The van der Waals surface area contributed by atoms with E-state index in [1.807, 2.05) is 13.8 Å². The first-order valence-electron chi connectivity index (χ1n) is 8.87. The van der Waals surface area contributed by atoms with Crippen LogP contribution in [0.4, 0.5) is 11.4 Å². The molecule has 150 valence electrons. The van der Waals surface area contributed by atoms with Gasteiger partial charge in [0.15, 0.2) is 0 Å². The van der Waals surface area contributed by atoms with Gasteiger partial charge in [-0.15, -0.1) is 0 Å². The second kappa shape index (κ2) is 9.32. The number of sulfonamides is 1. The summed E-state index contributed by atoms with van der Waals surface area (Å²) in [5.41, 5.74) is -0.207. The van der Waals surface area contributed by atoms with E-state index < -0.39 is 27.4 Å². The Kier molecular flexibility index (Phi) is 7.11. The molecule has 0 radical (unpaired) electrons. The molecule has 2 rings (SSSR count). The van der Waals surface area contributed by atoms with Gasteiger partial charge < -0.3 is 5.32 Å². The Morgan fingerprint density at radius 1 is 1.18 bits per heavy atom. The van der Waals surface area contributed by atoms with Crippen molar-refractivity contribution < 1.29 is 18.1 Å². The summed E-state index contributed by atoms with van der Waals surface area (Å²) in [5.74, 6) is -0.480. The number of nitro benzene ring substituents is 1. The van der Waals surface area contributed by atoms with Gasteiger partial charge >= 0.3 is 0 Å². The number of amides is 1. The fraction of sp³-hybridized carbons (Fsp3) is 0.316. The molecule has 0 fully saturated rings. The predicted molar refractivity (Wildman–Crippen MR) is 107 cm³/mol. The third-order valence-electron chi connectivity index (χ3n) is 4.08. The van der Waals surface area contributed by atoms with Crippen molar-refractivity contribution in [2.75, 3.05) is 10.8 Å². The molecule has 0 bridgehead atoms. The Hall–Kier alpha value is -2.94. The maximum Gasteiger partial charge on any atom is 0.271 e. The van der Waals surface area contributed by atoms with Crippen LogP contribution in [0.15, 0.2) is 59.5 Å². The zero-order valence-corrected chi connectivity index (χ0v) is 16.6. The Bertz CT molecular complexity index is 932. The number of carbonyl (C=O) groups is 1. The van der Waals surface area contributed by atoms with Gasteiger partial charge in [-0.1, -0.05) is 37.6 Å². The average molecular weight is 405 g/mol. The van der Waals surface area contributed by atoms with Gasteiger partial charge in [-0.2, -0.15) is 0 Å². The number of hydrogen-bond donors (Lipinski definition) is 1. The molecule has 0 saturated heterocycles. The molecule has 0 aliphatic rings. The van der Waals surface area contributed by atoms with Crippen LogP contribution in [0, 0.1) is 10.1 Å². The van der Waals surface area contributed by atoms with Crippen LogP contribution in [-0.2, 0) is 14.8 Å². The van der Waals surface area contributed by atoms with Crippen LogP contribution in [0.3, 0.4) is 0 Å². The van der Waals surface area contributed by atoms with E-state index >= 15 is 0 Å². The van der Waals surface area contributed by atoms with Crippen molar-refractivity contribution in [2.45, 2.75) is 37.6 Å². The Morgan fingerprint density at radius 3 is 2.46 bits per heavy atom. The molecule has 8 nitrogen and oxygen atoms in total. The van der Waals surface area contributed by atoms with E-state index in [1.54, 1.807) is 18.2 Å². The van der Waals surface area contributed by atoms with E-state index in [4.69, 9.17) is 0 Å². The van der Waals surface area contributed by atoms with Crippen LogP contribution in [0.1, 0.15) is 26.7 Å². The number of non-ortho nitro benzene ring substituents is 1. The fourth-order valence-corrected chi connectivity index (χ4v) is 4.19. The quantitative estimate of drug-likeness (QED) is 0.509. The fourth-order valence-electron chi connectivity index (χ4n) is 2.75. The Balaban J connectivity index is 2.43. The van der Waals surface area contributed by atoms with Crippen LogP contribution in [-0.4, -0.2) is 31.8 Å². The van der Waals surface area contributed by atoms with Crippen LogP contribution < -0.4 is 9.62 Å². The monoisotopic (exact) mass is 405 g/mol. The van der Waals surface area contributed by atoms with Crippen LogP contribution >= 0.6 is 0 Å². The second-order valence-corrected chi connectivity index (χ2v) is 8.22. The second-order valence-electron chi connectivity index (χ2n) is 6.36. The lowest BCUT2D eigenvalue weighted by Gasteiger charge is -2.25. The number of anilines is 1. The largest absolute Gasteiger partial charge is 0.352 e. The summed E-state index contributed by atoms with van der Waals surface area (Å²) in [6.07, 6.45) is 1.63. The van der Waals surface area contributed by atoms with E-state index in [1.165, 1.54) is 30.3 Å². The minimum Gasteiger partial charge on any atom is -0.352 e. The first-order valence-corrected chi connectivity index (χ1v) is 10.3. The lowest BCUT2D eigenvalue weighted by Crippen LogP contribution is -2.43. The molecule has 2 aromatic rings. The molecule has 0 unspecified atom stereocenters. The third-order valence-corrected chi connectivity index (χ3v) is 5.86. The van der Waals surface area contributed by atoms with Gasteiger partial charge in [-0.3, -0.25) is 19.2 Å². The average Bonchev–Trinajstić information content (AvgIpc) is 2.67. The highest BCUT2D eigenvalue weighted by molar-refractivity contribution is 7.92. The van der Waals surface area contributed by atoms with Crippen LogP contribution in [0.5, 0.6) is 0 Å². The van der Waals surface area contributed by atoms with Crippen molar-refractivity contribution >= 4 is 27.3 Å². The van der Waals surface area contributed by atoms with Gasteiger partial charge in [0.1, 0.15) is 6.54 Å². The summed E-state index contributed by atoms with van der Waals surface area (Å²) in [6, 6.07) is 12.8. The first-order chi connectivity index (χ1) is 13.3. The van der Waals surface area contributed by atoms with Gasteiger partial charge in [-0.25, -0.2) is 8.42 Å². The standard InChI is InChI=1S/C19H23N3O5S/c1-3-8-15(2)20-19(23)14-21(16-9-7-10-17(13-16)22(24)25)28(26,27)18-11-5-4-6-12-18/h4-7,9-13,15H,3,8,14H2,1-2H3,(H,20,23)/t15-/m0/s1. The summed E-state index contributed by atoms with van der Waals surface area (Å²) < 4.78 is 27.2. The lowest BCUT2D eigenvalue weighted by atomic mass is 10.2. The van der Waals surface area contributed by atoms with Gasteiger partial charge in [0.25, 0.3) is 15.7 Å². The Morgan fingerprint density at radius 2 is 1.86 bits per heavy atom. The number of nitrogens with zero attached hydrogens (tertiary/aromatic N) is 2. The summed E-state index contributed by atoms with van der Waals surface area (Å²) >= 11 is 0. The molecular weight excluding hydrogens is 382 g/mol. The molecular formula is C19H23N3O5S. The van der Waals surface area contributed by atoms with Crippen molar-refractivity contribution in [3.8, 4) is 0 Å². The highest BCUT2D eigenvalue weighted by atomic mass is 32.2. The van der Waals surface area contributed by atoms with Gasteiger partial charge in [0.05, 0.1) is 15.5 Å². The normalized spacial score (nSPS) is 12.2. The molecule has 9 heteroatoms. The highest BCUT2D eigenvalue weighted by Gasteiger charge is 2.28. The molecule has 0 saturated carbocycles. The number of benzene rings is 2. The molecule has 0 spiro atoms. The van der Waals surface area contributed by atoms with Crippen LogP contribution in [0.25, 0.3) is 0 Å². The number of hydrogen-bond acceptors (Lipinski definition) is 5. The maximum atomic E-state index is 13.1. The molecule has 1 amide bonds. The van der Waals surface area contributed by atoms with Crippen molar-refractivity contribution in [1.29, 1.82) is 0 Å². The molecule has 28 heavy (non-hydrogen) atoms. The number of carbonyl (C=O) groups excluding carboxylic acids is 1. The minimum atomic E-state index is -4.09. The maximum absolute atomic E-state index is 13.1. The summed E-state index contributed by atoms with van der Waals surface area (Å²) in [6.45, 7) is 3.34. The Labute approximate surface area is 164 Å². The zero-order chi connectivity index (χ0) is 20.7. The van der Waals surface area contributed by atoms with E-state index in [2.05, 4.69) is 5.32 Å². The van der Waals surface area contributed by atoms with E-state index in [0.29, 0.717) is 0 Å². The van der Waals surface area contributed by atoms with Gasteiger partial charge in [-0.05, 0) is 31.5 Å². The smallest absolute Gasteiger partial charge is 0.271 e. The topological polar surface area (TPSA) is 110 Å². The number of rotatable bonds is 9. The molecule has 0 aromatic heterocycles. The predicted octanol–water partition coefficient (Wildman–Crippen LogP) is 3.09. The van der Waals surface area contributed by atoms with Crippen LogP contribution in [0.2, 0.25) is 0 Å². The van der Waals surface area contributed by atoms with Gasteiger partial charge in [0.2, 0.25) is 5.91 Å².